The van der Waals surface area contributed by atoms with Gasteiger partial charge in [0.2, 0.25) is 0 Å². The summed E-state index contributed by atoms with van der Waals surface area (Å²) in [7, 11) is 1.75. The van der Waals surface area contributed by atoms with Crippen LogP contribution in [0.15, 0.2) is 28.8 Å². The zero-order valence-electron chi connectivity index (χ0n) is 8.17. The minimum atomic E-state index is 0.855. The van der Waals surface area contributed by atoms with Gasteiger partial charge >= 0.3 is 0 Å². The standard InChI is InChI=1S/C10H18N2/c1-4-10(2)7-5-6-8-12-9-11-3/h4-6,9H,7-8H2,1-3H3,(H,11,12)/b6-5-,10-4-. The zero-order chi connectivity index (χ0) is 9.23. The molecule has 0 aliphatic rings. The maximum atomic E-state index is 3.80. The lowest BCUT2D eigenvalue weighted by molar-refractivity contribution is 1.05. The fraction of sp³-hybridized carbons (Fsp3) is 0.500. The van der Waals surface area contributed by atoms with Crippen LogP contribution in [0.25, 0.3) is 0 Å². The molecule has 0 saturated heterocycles. The van der Waals surface area contributed by atoms with Gasteiger partial charge < -0.3 is 5.32 Å². The van der Waals surface area contributed by atoms with E-state index in [0.717, 1.165) is 13.0 Å². The van der Waals surface area contributed by atoms with Gasteiger partial charge in [-0.2, -0.15) is 0 Å². The number of allylic oxidation sites excluding steroid dienone is 3. The predicted octanol–water partition coefficient (Wildman–Crippen LogP) is 2.15. The molecule has 0 saturated carbocycles. The summed E-state index contributed by atoms with van der Waals surface area (Å²) >= 11 is 0. The predicted molar refractivity (Wildman–Crippen MR) is 55.6 cm³/mol. The molecule has 0 atom stereocenters. The Kier molecular flexibility index (Phi) is 7.35. The minimum Gasteiger partial charge on any atom is -0.373 e. The summed E-state index contributed by atoms with van der Waals surface area (Å²) < 4.78 is 0. The van der Waals surface area contributed by atoms with Crippen molar-refractivity contribution in [3.05, 3.63) is 23.8 Å². The van der Waals surface area contributed by atoms with E-state index in [2.05, 4.69) is 42.4 Å². The van der Waals surface area contributed by atoms with Crippen molar-refractivity contribution in [1.29, 1.82) is 0 Å². The quantitative estimate of drug-likeness (QED) is 0.288. The van der Waals surface area contributed by atoms with Crippen LogP contribution in [0.3, 0.4) is 0 Å². The molecule has 68 valence electrons. The van der Waals surface area contributed by atoms with Gasteiger partial charge in [-0.3, -0.25) is 4.99 Å². The van der Waals surface area contributed by atoms with Gasteiger partial charge in [0, 0.05) is 13.6 Å². The molecule has 0 aromatic carbocycles. The van der Waals surface area contributed by atoms with Crippen molar-refractivity contribution in [2.75, 3.05) is 13.6 Å². The smallest absolute Gasteiger partial charge is 0.0822 e. The second kappa shape index (κ2) is 8.05. The summed E-state index contributed by atoms with van der Waals surface area (Å²) in [5, 5.41) is 3.03. The lowest BCUT2D eigenvalue weighted by Crippen LogP contribution is -2.09. The molecule has 0 unspecified atom stereocenters. The van der Waals surface area contributed by atoms with Crippen molar-refractivity contribution in [2.45, 2.75) is 20.3 Å². The van der Waals surface area contributed by atoms with Crippen LogP contribution in [0.1, 0.15) is 20.3 Å². The zero-order valence-corrected chi connectivity index (χ0v) is 8.17. The Hall–Kier alpha value is -1.05. The summed E-state index contributed by atoms with van der Waals surface area (Å²) in [6, 6.07) is 0. The van der Waals surface area contributed by atoms with Crippen LogP contribution < -0.4 is 5.32 Å². The highest BCUT2D eigenvalue weighted by molar-refractivity contribution is 5.53. The normalized spacial score (nSPS) is 13.1. The molecule has 0 aromatic heterocycles. The van der Waals surface area contributed by atoms with Gasteiger partial charge in [-0.15, -0.1) is 0 Å². The molecule has 0 fully saturated rings. The Balaban J connectivity index is 3.38. The van der Waals surface area contributed by atoms with Crippen LogP contribution in [-0.4, -0.2) is 19.9 Å². The molecular formula is C10H18N2. The Morgan fingerprint density at radius 3 is 2.75 bits per heavy atom. The topological polar surface area (TPSA) is 24.4 Å². The van der Waals surface area contributed by atoms with Gasteiger partial charge in [0.1, 0.15) is 0 Å². The first-order valence-corrected chi connectivity index (χ1v) is 4.22. The third-order valence-electron chi connectivity index (χ3n) is 1.56. The Bertz CT molecular complexity index is 178. The fourth-order valence-corrected chi connectivity index (χ4v) is 0.682. The lowest BCUT2D eigenvalue weighted by Gasteiger charge is -1.93. The first-order chi connectivity index (χ1) is 5.81. The first-order valence-electron chi connectivity index (χ1n) is 4.22. The highest BCUT2D eigenvalue weighted by Crippen LogP contribution is 1.98. The molecule has 0 heterocycles. The van der Waals surface area contributed by atoms with Crippen molar-refractivity contribution in [2.24, 2.45) is 4.99 Å². The average molecular weight is 166 g/mol. The van der Waals surface area contributed by atoms with Crippen molar-refractivity contribution in [3.63, 3.8) is 0 Å². The second-order valence-corrected chi connectivity index (χ2v) is 2.61. The summed E-state index contributed by atoms with van der Waals surface area (Å²) in [4.78, 5) is 3.80. The van der Waals surface area contributed by atoms with E-state index in [0.29, 0.717) is 0 Å². The van der Waals surface area contributed by atoms with Crippen molar-refractivity contribution in [3.8, 4) is 0 Å². The van der Waals surface area contributed by atoms with E-state index in [4.69, 9.17) is 0 Å². The molecule has 0 aromatic rings. The molecule has 0 radical (unpaired) electrons. The molecule has 0 aliphatic carbocycles. The van der Waals surface area contributed by atoms with E-state index < -0.39 is 0 Å². The first kappa shape index (κ1) is 11.0. The second-order valence-electron chi connectivity index (χ2n) is 2.61. The molecule has 0 bridgehead atoms. The van der Waals surface area contributed by atoms with Gasteiger partial charge in [0.05, 0.1) is 6.34 Å². The molecule has 0 rings (SSSR count). The number of nitrogens with one attached hydrogen (secondary N) is 1. The Labute approximate surface area is 75.1 Å². The van der Waals surface area contributed by atoms with E-state index in [1.807, 2.05) is 0 Å². The summed E-state index contributed by atoms with van der Waals surface area (Å²) in [6.07, 6.45) is 9.14. The molecule has 1 N–H and O–H groups in total. The number of rotatable bonds is 5. The van der Waals surface area contributed by atoms with Gasteiger partial charge in [-0.05, 0) is 20.3 Å². The monoisotopic (exact) mass is 166 g/mol. The average Bonchev–Trinajstić information content (AvgIpc) is 2.10. The number of aliphatic imine (C=N–C) groups is 1. The summed E-state index contributed by atoms with van der Waals surface area (Å²) in [5.74, 6) is 0. The van der Waals surface area contributed by atoms with E-state index in [1.54, 1.807) is 13.4 Å². The number of hydrogen-bond donors (Lipinski definition) is 1. The lowest BCUT2D eigenvalue weighted by atomic mass is 10.2. The maximum Gasteiger partial charge on any atom is 0.0822 e. The van der Waals surface area contributed by atoms with Crippen LogP contribution >= 0.6 is 0 Å². The van der Waals surface area contributed by atoms with E-state index in [1.165, 1.54) is 5.57 Å². The maximum absolute atomic E-state index is 3.80. The number of hydrogen-bond acceptors (Lipinski definition) is 1. The van der Waals surface area contributed by atoms with Crippen LogP contribution in [0.2, 0.25) is 0 Å². The Morgan fingerprint density at radius 1 is 1.42 bits per heavy atom. The summed E-state index contributed by atoms with van der Waals surface area (Å²) in [5.41, 5.74) is 1.40. The van der Waals surface area contributed by atoms with Crippen LogP contribution in [0, 0.1) is 0 Å². The molecule has 0 aliphatic heterocycles. The third kappa shape index (κ3) is 7.06. The fourth-order valence-electron chi connectivity index (χ4n) is 0.682. The van der Waals surface area contributed by atoms with E-state index in [9.17, 15) is 0 Å². The minimum absolute atomic E-state index is 0.855. The molecule has 0 spiro atoms. The molecular weight excluding hydrogens is 148 g/mol. The van der Waals surface area contributed by atoms with Crippen molar-refractivity contribution < 1.29 is 0 Å². The van der Waals surface area contributed by atoms with Crippen LogP contribution in [0.5, 0.6) is 0 Å². The van der Waals surface area contributed by atoms with Gasteiger partial charge in [-0.25, -0.2) is 0 Å². The number of nitrogens with zero attached hydrogens (tertiary/aromatic N) is 1. The van der Waals surface area contributed by atoms with E-state index >= 15 is 0 Å². The van der Waals surface area contributed by atoms with Crippen molar-refractivity contribution >= 4 is 6.34 Å². The van der Waals surface area contributed by atoms with Gasteiger partial charge in [0.25, 0.3) is 0 Å². The van der Waals surface area contributed by atoms with Crippen molar-refractivity contribution in [1.82, 2.24) is 5.32 Å². The SMILES string of the molecule is C/C=C(/C)C/C=C\CNC=NC. The van der Waals surface area contributed by atoms with Crippen LogP contribution in [-0.2, 0) is 0 Å². The largest absolute Gasteiger partial charge is 0.373 e. The molecule has 2 nitrogen and oxygen atoms in total. The van der Waals surface area contributed by atoms with E-state index in [-0.39, 0.29) is 0 Å². The van der Waals surface area contributed by atoms with Gasteiger partial charge in [0.15, 0.2) is 0 Å². The summed E-state index contributed by atoms with van der Waals surface area (Å²) in [6.45, 7) is 5.05. The molecule has 0 amide bonds. The highest BCUT2D eigenvalue weighted by atomic mass is 14.9. The van der Waals surface area contributed by atoms with Gasteiger partial charge in [-0.1, -0.05) is 23.8 Å². The highest BCUT2D eigenvalue weighted by Gasteiger charge is 1.80. The third-order valence-corrected chi connectivity index (χ3v) is 1.56. The van der Waals surface area contributed by atoms with Crippen LogP contribution in [0.4, 0.5) is 0 Å². The molecule has 2 heteroatoms. The Morgan fingerprint density at radius 2 is 2.17 bits per heavy atom. The molecule has 12 heavy (non-hydrogen) atoms.